The molecule has 0 aromatic carbocycles. The van der Waals surface area contributed by atoms with Crippen molar-refractivity contribution in [2.45, 2.75) is 12.5 Å². The third-order valence-corrected chi connectivity index (χ3v) is 1.03. The SMILES string of the molecule is CS(=O)(=O)O.CS(=O)(=O)O.CS(=O)(=O)O.OC1CCNC1. The van der Waals surface area contributed by atoms with Gasteiger partial charge in [-0.3, -0.25) is 13.7 Å². The molecule has 0 spiro atoms. The van der Waals surface area contributed by atoms with Crippen molar-refractivity contribution in [1.82, 2.24) is 5.32 Å². The molecule has 0 aliphatic carbocycles. The quantitative estimate of drug-likeness (QED) is 0.289. The second-order valence-corrected chi connectivity index (χ2v) is 8.24. The first-order valence-electron chi connectivity index (χ1n) is 5.05. The number of hydrogen-bond donors (Lipinski definition) is 5. The number of hydrogen-bond acceptors (Lipinski definition) is 8. The zero-order valence-electron chi connectivity index (χ0n) is 11.7. The Morgan fingerprint density at radius 3 is 1.10 bits per heavy atom. The topological polar surface area (TPSA) is 195 Å². The van der Waals surface area contributed by atoms with Gasteiger partial charge in [-0.05, 0) is 13.0 Å². The highest BCUT2D eigenvalue weighted by molar-refractivity contribution is 7.85. The summed E-state index contributed by atoms with van der Waals surface area (Å²) < 4.78 is 77.6. The van der Waals surface area contributed by atoms with Crippen LogP contribution in [0.15, 0.2) is 0 Å². The summed E-state index contributed by atoms with van der Waals surface area (Å²) in [5.74, 6) is 0. The van der Waals surface area contributed by atoms with Gasteiger partial charge in [0.05, 0.1) is 24.9 Å². The van der Waals surface area contributed by atoms with Gasteiger partial charge in [-0.2, -0.15) is 25.3 Å². The van der Waals surface area contributed by atoms with Crippen molar-refractivity contribution in [3.8, 4) is 0 Å². The Morgan fingerprint density at radius 2 is 1.05 bits per heavy atom. The maximum Gasteiger partial charge on any atom is 0.261 e. The number of aliphatic hydroxyl groups is 1. The van der Waals surface area contributed by atoms with Crippen LogP contribution in [0.2, 0.25) is 0 Å². The first-order chi connectivity index (χ1) is 8.89. The molecule has 0 amide bonds. The summed E-state index contributed by atoms with van der Waals surface area (Å²) in [5.41, 5.74) is 0. The van der Waals surface area contributed by atoms with Crippen molar-refractivity contribution in [3.05, 3.63) is 0 Å². The molecule has 21 heavy (non-hydrogen) atoms. The van der Waals surface area contributed by atoms with E-state index in [1.165, 1.54) is 0 Å². The molecule has 0 radical (unpaired) electrons. The van der Waals surface area contributed by atoms with Gasteiger partial charge in [-0.15, -0.1) is 0 Å². The molecule has 0 aromatic rings. The van der Waals surface area contributed by atoms with Gasteiger partial charge in [0, 0.05) is 6.54 Å². The molecular weight excluding hydrogens is 354 g/mol. The number of nitrogens with one attached hydrogen (secondary N) is 1. The van der Waals surface area contributed by atoms with Crippen LogP contribution in [-0.4, -0.2) is 82.0 Å². The monoisotopic (exact) mass is 375 g/mol. The molecule has 1 fully saturated rings. The van der Waals surface area contributed by atoms with E-state index in [0.717, 1.165) is 19.5 Å². The van der Waals surface area contributed by atoms with Crippen LogP contribution in [0.5, 0.6) is 0 Å². The van der Waals surface area contributed by atoms with Crippen LogP contribution in [0.1, 0.15) is 6.42 Å². The minimum Gasteiger partial charge on any atom is -0.392 e. The predicted octanol–water partition coefficient (Wildman–Crippen LogP) is -2.15. The molecule has 1 unspecified atom stereocenters. The van der Waals surface area contributed by atoms with Crippen LogP contribution in [0.4, 0.5) is 0 Å². The lowest BCUT2D eigenvalue weighted by molar-refractivity contribution is 0.196. The summed E-state index contributed by atoms with van der Waals surface area (Å²) in [7, 11) is -11.0. The molecule has 1 saturated heterocycles. The smallest absolute Gasteiger partial charge is 0.261 e. The van der Waals surface area contributed by atoms with Gasteiger partial charge in [0.2, 0.25) is 0 Å². The van der Waals surface area contributed by atoms with E-state index < -0.39 is 30.4 Å². The molecule has 1 atom stereocenters. The maximum absolute atomic E-state index is 9.19. The van der Waals surface area contributed by atoms with Gasteiger partial charge in [-0.25, -0.2) is 0 Å². The minimum absolute atomic E-state index is 0.0648. The number of rotatable bonds is 0. The summed E-state index contributed by atoms with van der Waals surface area (Å²) in [4.78, 5) is 0. The molecule has 0 aromatic heterocycles. The Kier molecular flexibility index (Phi) is 13.7. The first-order valence-corrected chi connectivity index (χ1v) is 10.6. The summed E-state index contributed by atoms with van der Waals surface area (Å²) in [6.07, 6.45) is 3.01. The third kappa shape index (κ3) is 138. The summed E-state index contributed by atoms with van der Waals surface area (Å²) in [5, 5.41) is 11.7. The standard InChI is InChI=1S/C4H9NO.3CH4O3S/c6-4-1-2-5-3-4;3*1-5(2,3)4/h4-6H,1-3H2;3*1H3,(H,2,3,4). The van der Waals surface area contributed by atoms with Crippen molar-refractivity contribution < 1.29 is 44.0 Å². The van der Waals surface area contributed by atoms with Crippen molar-refractivity contribution in [1.29, 1.82) is 0 Å². The molecule has 132 valence electrons. The maximum atomic E-state index is 9.19. The van der Waals surface area contributed by atoms with E-state index in [-0.39, 0.29) is 6.10 Å². The van der Waals surface area contributed by atoms with Crippen LogP contribution >= 0.6 is 0 Å². The fourth-order valence-electron chi connectivity index (χ4n) is 0.639. The van der Waals surface area contributed by atoms with Crippen LogP contribution in [-0.2, 0) is 30.4 Å². The second-order valence-electron chi connectivity index (χ2n) is 3.85. The Morgan fingerprint density at radius 1 is 0.810 bits per heavy atom. The van der Waals surface area contributed by atoms with E-state index in [1.807, 2.05) is 0 Å². The van der Waals surface area contributed by atoms with Gasteiger partial charge in [0.25, 0.3) is 30.4 Å². The van der Waals surface area contributed by atoms with E-state index in [0.29, 0.717) is 18.8 Å². The molecular formula is C7H21NO10S3. The van der Waals surface area contributed by atoms with E-state index >= 15 is 0 Å². The lowest BCUT2D eigenvalue weighted by Gasteiger charge is -1.90. The fraction of sp³-hybridized carbons (Fsp3) is 1.00. The molecule has 5 N–H and O–H groups in total. The fourth-order valence-corrected chi connectivity index (χ4v) is 0.639. The van der Waals surface area contributed by atoms with Crippen molar-refractivity contribution in [2.75, 3.05) is 31.9 Å². The Labute approximate surface area is 124 Å². The molecule has 1 rings (SSSR count). The van der Waals surface area contributed by atoms with E-state index in [2.05, 4.69) is 5.32 Å². The molecule has 1 heterocycles. The Hall–Kier alpha value is -0.350. The predicted molar refractivity (Wildman–Crippen MR) is 75.9 cm³/mol. The highest BCUT2D eigenvalue weighted by Gasteiger charge is 2.08. The zero-order valence-corrected chi connectivity index (χ0v) is 14.1. The van der Waals surface area contributed by atoms with Gasteiger partial charge in [0.15, 0.2) is 0 Å². The van der Waals surface area contributed by atoms with E-state index in [1.54, 1.807) is 0 Å². The molecule has 1 aliphatic heterocycles. The second kappa shape index (κ2) is 11.2. The normalized spacial score (nSPS) is 18.1. The molecule has 0 saturated carbocycles. The van der Waals surface area contributed by atoms with Crippen LogP contribution < -0.4 is 5.32 Å². The van der Waals surface area contributed by atoms with Gasteiger partial charge in [-0.1, -0.05) is 0 Å². The largest absolute Gasteiger partial charge is 0.392 e. The third-order valence-electron chi connectivity index (χ3n) is 1.03. The Balaban J connectivity index is -0.000000207. The Bertz CT molecular complexity index is 448. The van der Waals surface area contributed by atoms with E-state index in [4.69, 9.17) is 18.8 Å². The van der Waals surface area contributed by atoms with Crippen LogP contribution in [0.25, 0.3) is 0 Å². The van der Waals surface area contributed by atoms with Gasteiger partial charge in [0.1, 0.15) is 0 Å². The molecule has 0 bridgehead atoms. The molecule has 14 heteroatoms. The van der Waals surface area contributed by atoms with E-state index in [9.17, 15) is 25.3 Å². The average molecular weight is 375 g/mol. The lowest BCUT2D eigenvalue weighted by Crippen LogP contribution is -2.11. The van der Waals surface area contributed by atoms with Crippen molar-refractivity contribution in [2.24, 2.45) is 0 Å². The first kappa shape index (κ1) is 25.6. The molecule has 1 aliphatic rings. The van der Waals surface area contributed by atoms with Crippen molar-refractivity contribution >= 4 is 30.4 Å². The average Bonchev–Trinajstić information content (AvgIpc) is 2.44. The minimum atomic E-state index is -3.67. The van der Waals surface area contributed by atoms with Crippen LogP contribution in [0.3, 0.4) is 0 Å². The molecule has 11 nitrogen and oxygen atoms in total. The summed E-state index contributed by atoms with van der Waals surface area (Å²) >= 11 is 0. The van der Waals surface area contributed by atoms with Crippen molar-refractivity contribution in [3.63, 3.8) is 0 Å². The number of β-amino-alcohol motifs (C(OH)–C–C–N with tert-alkyl or cyclic N) is 1. The summed E-state index contributed by atoms with van der Waals surface area (Å²) in [6.45, 7) is 1.78. The highest BCUT2D eigenvalue weighted by Crippen LogP contribution is 1.93. The van der Waals surface area contributed by atoms with Gasteiger partial charge < -0.3 is 10.4 Å². The zero-order chi connectivity index (χ0) is 17.9. The van der Waals surface area contributed by atoms with Crippen LogP contribution in [0, 0.1) is 0 Å². The highest BCUT2D eigenvalue weighted by atomic mass is 32.2. The number of aliphatic hydroxyl groups excluding tert-OH is 1. The van der Waals surface area contributed by atoms with Gasteiger partial charge >= 0.3 is 0 Å². The lowest BCUT2D eigenvalue weighted by atomic mass is 10.3. The summed E-state index contributed by atoms with van der Waals surface area (Å²) in [6, 6.07) is 0.